The van der Waals surface area contributed by atoms with Gasteiger partial charge in [-0.05, 0) is 31.5 Å². The van der Waals surface area contributed by atoms with Crippen LogP contribution in [0.15, 0.2) is 30.6 Å². The molecule has 2 aromatic heterocycles. The summed E-state index contributed by atoms with van der Waals surface area (Å²) in [4.78, 5) is 8.66. The molecule has 194 valence electrons. The van der Waals surface area contributed by atoms with Crippen LogP contribution in [0.3, 0.4) is 0 Å². The molecule has 0 saturated carbocycles. The Morgan fingerprint density at radius 1 is 1.14 bits per heavy atom. The molecular formula is C24H32N6O5S. The van der Waals surface area contributed by atoms with E-state index in [1.165, 1.54) is 0 Å². The normalized spacial score (nSPS) is 18.0. The second-order valence-electron chi connectivity index (χ2n) is 8.80. The number of ether oxygens (including phenoxy) is 3. The number of aromatic nitrogens is 5. The molecule has 0 amide bonds. The van der Waals surface area contributed by atoms with Gasteiger partial charge in [0.25, 0.3) is 0 Å². The summed E-state index contributed by atoms with van der Waals surface area (Å²) in [6.07, 6.45) is 2.95. The summed E-state index contributed by atoms with van der Waals surface area (Å²) in [5.41, 5.74) is 1.43. The van der Waals surface area contributed by atoms with Crippen LogP contribution in [-0.4, -0.2) is 72.3 Å². The highest BCUT2D eigenvalue weighted by Crippen LogP contribution is 2.36. The van der Waals surface area contributed by atoms with Gasteiger partial charge in [-0.3, -0.25) is 4.57 Å². The molecule has 0 radical (unpaired) electrons. The van der Waals surface area contributed by atoms with E-state index < -0.39 is 27.1 Å². The Morgan fingerprint density at radius 3 is 2.39 bits per heavy atom. The molecule has 1 aromatic carbocycles. The van der Waals surface area contributed by atoms with E-state index in [0.717, 1.165) is 12.1 Å². The molecule has 4 rings (SSSR count). The third-order valence-corrected chi connectivity index (χ3v) is 8.61. The number of rotatable bonds is 9. The van der Waals surface area contributed by atoms with Gasteiger partial charge >= 0.3 is 0 Å². The fourth-order valence-electron chi connectivity index (χ4n) is 4.13. The molecule has 3 heterocycles. The first-order valence-corrected chi connectivity index (χ1v) is 13.5. The first-order chi connectivity index (χ1) is 17.3. The van der Waals surface area contributed by atoms with Crippen LogP contribution in [0.1, 0.15) is 48.9 Å². The molecule has 36 heavy (non-hydrogen) atoms. The summed E-state index contributed by atoms with van der Waals surface area (Å²) in [6.45, 7) is 7.10. The molecule has 1 fully saturated rings. The van der Waals surface area contributed by atoms with Gasteiger partial charge in [-0.25, -0.2) is 18.4 Å². The minimum absolute atomic E-state index is 0.242. The molecular weight excluding hydrogens is 484 g/mol. The molecule has 1 saturated heterocycles. The predicted octanol–water partition coefficient (Wildman–Crippen LogP) is 2.15. The van der Waals surface area contributed by atoms with Crippen molar-refractivity contribution in [2.45, 2.75) is 43.8 Å². The summed E-state index contributed by atoms with van der Waals surface area (Å²) in [5.74, 6) is 1.41. The second kappa shape index (κ2) is 10.9. The van der Waals surface area contributed by atoms with Gasteiger partial charge in [-0.2, -0.15) is 0 Å². The number of aryl methyl sites for hydroxylation is 1. The van der Waals surface area contributed by atoms with Gasteiger partial charge < -0.3 is 19.5 Å². The Morgan fingerprint density at radius 2 is 1.81 bits per heavy atom. The van der Waals surface area contributed by atoms with E-state index in [-0.39, 0.29) is 11.6 Å². The van der Waals surface area contributed by atoms with Crippen molar-refractivity contribution in [3.63, 3.8) is 0 Å². The fraction of sp³-hybridized carbons (Fsp3) is 0.500. The number of methoxy groups -OCH3 is 2. The Balaban J connectivity index is 1.77. The second-order valence-corrected chi connectivity index (χ2v) is 11.2. The topological polar surface area (TPSA) is 130 Å². The molecule has 0 aliphatic carbocycles. The summed E-state index contributed by atoms with van der Waals surface area (Å²) < 4.78 is 46.1. The third kappa shape index (κ3) is 5.20. The average molecular weight is 517 g/mol. The fourth-order valence-corrected chi connectivity index (χ4v) is 5.68. The molecule has 3 aromatic rings. The Kier molecular flexibility index (Phi) is 7.86. The standard InChI is InChI=1S/C24H32N6O5S/c1-15-11-26-23(27-12-15)16(2)17(3)36(31,32)14-21-28-29-24(20-13-25-9-10-35-20)30(21)22-18(33-4)7-6-8-19(22)34-5/h6-8,11-12,16-17,20,25H,9-10,13-14H2,1-5H3/t16-,17-,20+/m0/s1. The van der Waals surface area contributed by atoms with Crippen molar-refractivity contribution in [1.29, 1.82) is 0 Å². The van der Waals surface area contributed by atoms with Crippen LogP contribution in [0.2, 0.25) is 0 Å². The number of hydrogen-bond donors (Lipinski definition) is 1. The molecule has 3 atom stereocenters. The Hall–Kier alpha value is -3.09. The molecule has 12 heteroatoms. The van der Waals surface area contributed by atoms with Crippen molar-refractivity contribution in [3.05, 3.63) is 53.6 Å². The summed E-state index contributed by atoms with van der Waals surface area (Å²) in [5, 5.41) is 11.2. The number of benzene rings is 1. The minimum atomic E-state index is -3.70. The van der Waals surface area contributed by atoms with Gasteiger partial charge in [-0.15, -0.1) is 10.2 Å². The number of hydrogen-bond acceptors (Lipinski definition) is 10. The molecule has 11 nitrogen and oxygen atoms in total. The predicted molar refractivity (Wildman–Crippen MR) is 133 cm³/mol. The van der Waals surface area contributed by atoms with Gasteiger partial charge in [0, 0.05) is 31.4 Å². The van der Waals surface area contributed by atoms with Crippen molar-refractivity contribution in [3.8, 4) is 17.2 Å². The zero-order valence-corrected chi connectivity index (χ0v) is 21.9. The van der Waals surface area contributed by atoms with Crippen LogP contribution in [-0.2, 0) is 20.3 Å². The highest BCUT2D eigenvalue weighted by molar-refractivity contribution is 7.91. The van der Waals surface area contributed by atoms with E-state index in [0.29, 0.717) is 42.0 Å². The minimum Gasteiger partial charge on any atom is -0.494 e. The van der Waals surface area contributed by atoms with E-state index in [2.05, 4.69) is 25.5 Å². The lowest BCUT2D eigenvalue weighted by Crippen LogP contribution is -2.35. The maximum absolute atomic E-state index is 13.6. The zero-order valence-electron chi connectivity index (χ0n) is 21.1. The summed E-state index contributed by atoms with van der Waals surface area (Å²) in [7, 11) is -0.611. The van der Waals surface area contributed by atoms with E-state index in [9.17, 15) is 8.42 Å². The smallest absolute Gasteiger partial charge is 0.168 e. The Labute approximate surface area is 211 Å². The van der Waals surface area contributed by atoms with Crippen molar-refractivity contribution in [1.82, 2.24) is 30.0 Å². The molecule has 1 aliphatic rings. The van der Waals surface area contributed by atoms with Gasteiger partial charge in [0.1, 0.15) is 34.9 Å². The van der Waals surface area contributed by atoms with Crippen LogP contribution >= 0.6 is 0 Å². The number of nitrogens with one attached hydrogen (secondary N) is 1. The monoisotopic (exact) mass is 516 g/mol. The largest absolute Gasteiger partial charge is 0.494 e. The molecule has 0 unspecified atom stereocenters. The lowest BCUT2D eigenvalue weighted by Gasteiger charge is -2.25. The number of para-hydroxylation sites is 1. The van der Waals surface area contributed by atoms with E-state index >= 15 is 0 Å². The highest BCUT2D eigenvalue weighted by atomic mass is 32.2. The number of sulfone groups is 1. The van der Waals surface area contributed by atoms with Crippen LogP contribution in [0.5, 0.6) is 11.5 Å². The zero-order chi connectivity index (χ0) is 25.9. The summed E-state index contributed by atoms with van der Waals surface area (Å²) in [6, 6.07) is 5.35. The number of morpholine rings is 1. The van der Waals surface area contributed by atoms with Crippen molar-refractivity contribution in [2.75, 3.05) is 33.9 Å². The van der Waals surface area contributed by atoms with Crippen LogP contribution in [0.25, 0.3) is 5.69 Å². The SMILES string of the molecule is COc1cccc(OC)c1-n1c(CS(=O)(=O)[C@@H](C)[C@H](C)c2ncc(C)cn2)nnc1[C@H]1CNCCO1. The quantitative estimate of drug-likeness (QED) is 0.451. The lowest BCUT2D eigenvalue weighted by molar-refractivity contribution is 0.0209. The van der Waals surface area contributed by atoms with Gasteiger partial charge in [0.2, 0.25) is 0 Å². The van der Waals surface area contributed by atoms with Crippen LogP contribution in [0, 0.1) is 6.92 Å². The number of nitrogens with zero attached hydrogens (tertiary/aromatic N) is 5. The molecule has 1 aliphatic heterocycles. The van der Waals surface area contributed by atoms with Crippen molar-refractivity contribution < 1.29 is 22.6 Å². The van der Waals surface area contributed by atoms with Crippen LogP contribution < -0.4 is 14.8 Å². The molecule has 1 N–H and O–H groups in total. The first kappa shape index (κ1) is 26.0. The Bertz CT molecular complexity index is 1270. The van der Waals surface area contributed by atoms with Gasteiger partial charge in [0.05, 0.1) is 26.1 Å². The third-order valence-electron chi connectivity index (χ3n) is 6.41. The summed E-state index contributed by atoms with van der Waals surface area (Å²) >= 11 is 0. The maximum atomic E-state index is 13.6. The van der Waals surface area contributed by atoms with Gasteiger partial charge in [-0.1, -0.05) is 13.0 Å². The van der Waals surface area contributed by atoms with Crippen molar-refractivity contribution in [2.24, 2.45) is 0 Å². The van der Waals surface area contributed by atoms with E-state index in [4.69, 9.17) is 14.2 Å². The van der Waals surface area contributed by atoms with Crippen LogP contribution in [0.4, 0.5) is 0 Å². The first-order valence-electron chi connectivity index (χ1n) is 11.7. The maximum Gasteiger partial charge on any atom is 0.168 e. The van der Waals surface area contributed by atoms with Gasteiger partial charge in [0.15, 0.2) is 21.5 Å². The van der Waals surface area contributed by atoms with Crippen molar-refractivity contribution >= 4 is 9.84 Å². The molecule has 0 spiro atoms. The van der Waals surface area contributed by atoms with E-state index in [1.54, 1.807) is 56.3 Å². The average Bonchev–Trinajstić information content (AvgIpc) is 3.30. The van der Waals surface area contributed by atoms with E-state index in [1.807, 2.05) is 13.8 Å². The molecule has 0 bridgehead atoms. The lowest BCUT2D eigenvalue weighted by atomic mass is 10.1. The highest BCUT2D eigenvalue weighted by Gasteiger charge is 2.34.